The largest absolute Gasteiger partial charge is 0.381 e. The number of nitrogens with two attached hydrogens (primary N) is 1. The Bertz CT molecular complexity index is 309. The molecule has 0 fully saturated rings. The molecule has 1 aromatic carbocycles. The Morgan fingerprint density at radius 3 is 2.27 bits per heavy atom. The van der Waals surface area contributed by atoms with Crippen LogP contribution >= 0.6 is 15.9 Å². The molecule has 1 aromatic rings. The van der Waals surface area contributed by atoms with Gasteiger partial charge in [-0.15, -0.1) is 0 Å². The normalized spacial score (nSPS) is 12.6. The third kappa shape index (κ3) is 3.21. The summed E-state index contributed by atoms with van der Waals surface area (Å²) in [6, 6.07) is 4.66. The first-order chi connectivity index (χ1) is 7.08. The van der Waals surface area contributed by atoms with Crippen molar-refractivity contribution in [2.45, 2.75) is 33.2 Å². The molecule has 0 aromatic heterocycles. The van der Waals surface area contributed by atoms with Crippen LogP contribution in [0.2, 0.25) is 0 Å². The molecule has 0 aliphatic carbocycles. The van der Waals surface area contributed by atoms with E-state index in [1.54, 1.807) is 0 Å². The smallest absolute Gasteiger partial charge is 0.0381 e. The molecule has 15 heavy (non-hydrogen) atoms. The van der Waals surface area contributed by atoms with E-state index in [0.29, 0.717) is 12.6 Å². The Morgan fingerprint density at radius 1 is 1.33 bits per heavy atom. The number of halogens is 1. The molecule has 0 bridgehead atoms. The number of hydrogen-bond donors (Lipinski definition) is 2. The molecule has 0 spiro atoms. The molecule has 0 radical (unpaired) electrons. The average molecular weight is 271 g/mol. The van der Waals surface area contributed by atoms with Crippen molar-refractivity contribution in [1.82, 2.24) is 0 Å². The van der Waals surface area contributed by atoms with Gasteiger partial charge in [-0.3, -0.25) is 0 Å². The summed E-state index contributed by atoms with van der Waals surface area (Å²) in [5.74, 6) is 0. The maximum Gasteiger partial charge on any atom is 0.0381 e. The van der Waals surface area contributed by atoms with E-state index in [2.05, 4.69) is 54.2 Å². The van der Waals surface area contributed by atoms with Crippen LogP contribution in [0.5, 0.6) is 0 Å². The molecule has 1 rings (SSSR count). The molecule has 0 heterocycles. The molecule has 0 aliphatic rings. The minimum absolute atomic E-state index is 0.366. The Morgan fingerprint density at radius 2 is 1.87 bits per heavy atom. The van der Waals surface area contributed by atoms with Crippen LogP contribution in [0.15, 0.2) is 16.6 Å². The van der Waals surface area contributed by atoms with Gasteiger partial charge in [0.1, 0.15) is 0 Å². The highest BCUT2D eigenvalue weighted by atomic mass is 79.9. The Hall–Kier alpha value is -0.540. The lowest BCUT2D eigenvalue weighted by Gasteiger charge is -2.17. The lowest BCUT2D eigenvalue weighted by molar-refractivity contribution is 0.703. The van der Waals surface area contributed by atoms with Gasteiger partial charge in [0.2, 0.25) is 0 Å². The van der Waals surface area contributed by atoms with Gasteiger partial charge in [0.05, 0.1) is 0 Å². The maximum atomic E-state index is 5.67. The summed E-state index contributed by atoms with van der Waals surface area (Å²) in [7, 11) is 0. The van der Waals surface area contributed by atoms with Crippen LogP contribution in [0.4, 0.5) is 5.69 Å². The van der Waals surface area contributed by atoms with Gasteiger partial charge in [-0.1, -0.05) is 22.9 Å². The molecule has 1 atom stereocenters. The second-order valence-electron chi connectivity index (χ2n) is 3.91. The number of nitrogens with one attached hydrogen (secondary N) is 1. The predicted molar refractivity (Wildman–Crippen MR) is 70.4 cm³/mol. The predicted octanol–water partition coefficient (Wildman–Crippen LogP) is 3.22. The molecule has 1 unspecified atom stereocenters. The number of aryl methyl sites for hydroxylation is 2. The summed E-state index contributed by atoms with van der Waals surface area (Å²) in [4.78, 5) is 0. The monoisotopic (exact) mass is 270 g/mol. The van der Waals surface area contributed by atoms with E-state index in [-0.39, 0.29) is 0 Å². The third-order valence-electron chi connectivity index (χ3n) is 2.58. The van der Waals surface area contributed by atoms with Crippen molar-refractivity contribution >= 4 is 21.6 Å². The number of anilines is 1. The Labute approximate surface area is 100 Å². The molecule has 0 saturated heterocycles. The summed E-state index contributed by atoms with van der Waals surface area (Å²) in [5, 5.41) is 3.44. The average Bonchev–Trinajstić information content (AvgIpc) is 2.22. The molecule has 0 amide bonds. The van der Waals surface area contributed by atoms with E-state index in [0.717, 1.165) is 12.1 Å². The van der Waals surface area contributed by atoms with E-state index < -0.39 is 0 Å². The lowest BCUT2D eigenvalue weighted by Crippen LogP contribution is -2.27. The first-order valence-corrected chi connectivity index (χ1v) is 6.11. The first-order valence-electron chi connectivity index (χ1n) is 5.31. The van der Waals surface area contributed by atoms with Gasteiger partial charge in [0.25, 0.3) is 0 Å². The van der Waals surface area contributed by atoms with E-state index in [1.165, 1.54) is 15.6 Å². The van der Waals surface area contributed by atoms with Gasteiger partial charge in [0, 0.05) is 22.7 Å². The second kappa shape index (κ2) is 5.52. The standard InChI is InChI=1S/C12H19BrN2/c1-4-10(7-14)15-11-5-8(2)12(13)9(3)6-11/h5-6,10,15H,4,7,14H2,1-3H3. The van der Waals surface area contributed by atoms with E-state index >= 15 is 0 Å². The van der Waals surface area contributed by atoms with E-state index in [1.807, 2.05) is 0 Å². The topological polar surface area (TPSA) is 38.0 Å². The molecule has 2 nitrogen and oxygen atoms in total. The van der Waals surface area contributed by atoms with Crippen molar-refractivity contribution in [3.05, 3.63) is 27.7 Å². The van der Waals surface area contributed by atoms with E-state index in [4.69, 9.17) is 5.73 Å². The SMILES string of the molecule is CCC(CN)Nc1cc(C)c(Br)c(C)c1. The highest BCUT2D eigenvalue weighted by Crippen LogP contribution is 2.25. The van der Waals surface area contributed by atoms with Crippen LogP contribution in [0.3, 0.4) is 0 Å². The van der Waals surface area contributed by atoms with Crippen LogP contribution in [0, 0.1) is 13.8 Å². The number of rotatable bonds is 4. The van der Waals surface area contributed by atoms with Gasteiger partial charge in [-0.2, -0.15) is 0 Å². The minimum Gasteiger partial charge on any atom is -0.381 e. The fourth-order valence-electron chi connectivity index (χ4n) is 1.59. The van der Waals surface area contributed by atoms with Gasteiger partial charge in [-0.05, 0) is 43.5 Å². The highest BCUT2D eigenvalue weighted by Gasteiger charge is 2.06. The van der Waals surface area contributed by atoms with Crippen LogP contribution in [0.1, 0.15) is 24.5 Å². The molecule has 3 N–H and O–H groups in total. The fourth-order valence-corrected chi connectivity index (χ4v) is 1.82. The quantitative estimate of drug-likeness (QED) is 0.882. The second-order valence-corrected chi connectivity index (χ2v) is 4.70. The third-order valence-corrected chi connectivity index (χ3v) is 3.84. The lowest BCUT2D eigenvalue weighted by atomic mass is 10.1. The van der Waals surface area contributed by atoms with Gasteiger partial charge < -0.3 is 11.1 Å². The van der Waals surface area contributed by atoms with Crippen LogP contribution in [0.25, 0.3) is 0 Å². The molecular weight excluding hydrogens is 252 g/mol. The summed E-state index contributed by atoms with van der Waals surface area (Å²) in [6.07, 6.45) is 1.05. The van der Waals surface area contributed by atoms with Crippen LogP contribution in [-0.4, -0.2) is 12.6 Å². The molecule has 0 saturated carbocycles. The van der Waals surface area contributed by atoms with Crippen molar-refractivity contribution in [3.8, 4) is 0 Å². The Balaban J connectivity index is 2.87. The number of benzene rings is 1. The highest BCUT2D eigenvalue weighted by molar-refractivity contribution is 9.10. The van der Waals surface area contributed by atoms with Crippen molar-refractivity contribution in [1.29, 1.82) is 0 Å². The zero-order chi connectivity index (χ0) is 11.4. The van der Waals surface area contributed by atoms with E-state index in [9.17, 15) is 0 Å². The fraction of sp³-hybridized carbons (Fsp3) is 0.500. The van der Waals surface area contributed by atoms with Crippen molar-refractivity contribution < 1.29 is 0 Å². The maximum absolute atomic E-state index is 5.67. The molecule has 3 heteroatoms. The molecule has 0 aliphatic heterocycles. The van der Waals surface area contributed by atoms with Gasteiger partial charge >= 0.3 is 0 Å². The molecular formula is C12H19BrN2. The first kappa shape index (κ1) is 12.5. The van der Waals surface area contributed by atoms with Crippen LogP contribution in [-0.2, 0) is 0 Å². The van der Waals surface area contributed by atoms with Gasteiger partial charge in [0.15, 0.2) is 0 Å². The minimum atomic E-state index is 0.366. The summed E-state index contributed by atoms with van der Waals surface area (Å²) >= 11 is 3.56. The van der Waals surface area contributed by atoms with Crippen molar-refractivity contribution in [2.75, 3.05) is 11.9 Å². The Kier molecular flexibility index (Phi) is 4.61. The van der Waals surface area contributed by atoms with Crippen LogP contribution < -0.4 is 11.1 Å². The van der Waals surface area contributed by atoms with Crippen molar-refractivity contribution in [3.63, 3.8) is 0 Å². The van der Waals surface area contributed by atoms with Gasteiger partial charge in [-0.25, -0.2) is 0 Å². The summed E-state index contributed by atoms with van der Waals surface area (Å²) in [6.45, 7) is 7.02. The summed E-state index contributed by atoms with van der Waals surface area (Å²) < 4.78 is 1.19. The zero-order valence-electron chi connectivity index (χ0n) is 9.60. The summed E-state index contributed by atoms with van der Waals surface area (Å²) in [5.41, 5.74) is 9.33. The number of hydrogen-bond acceptors (Lipinski definition) is 2. The van der Waals surface area contributed by atoms with Crippen molar-refractivity contribution in [2.24, 2.45) is 5.73 Å². The molecule has 84 valence electrons. The zero-order valence-corrected chi connectivity index (χ0v) is 11.2.